The molecule has 0 aromatic heterocycles. The third-order valence-electron chi connectivity index (χ3n) is 13.3. The third-order valence-corrected chi connectivity index (χ3v) is 13.3. The Kier molecular flexibility index (Phi) is 4.12. The van der Waals surface area contributed by atoms with Gasteiger partial charge in [-0.25, -0.2) is 4.79 Å². The van der Waals surface area contributed by atoms with Gasteiger partial charge in [0.05, 0.1) is 12.5 Å². The molecule has 1 aliphatic heterocycles. The van der Waals surface area contributed by atoms with E-state index in [1.165, 1.54) is 12.8 Å². The van der Waals surface area contributed by atoms with Crippen molar-refractivity contribution in [2.75, 3.05) is 6.61 Å². The summed E-state index contributed by atoms with van der Waals surface area (Å²) in [5.41, 5.74) is -0.587. The zero-order valence-corrected chi connectivity index (χ0v) is 20.4. The Labute approximate surface area is 209 Å². The maximum Gasteiger partial charge on any atom is 0.511 e. The van der Waals surface area contributed by atoms with Gasteiger partial charge in [0.1, 0.15) is 5.60 Å². The van der Waals surface area contributed by atoms with Gasteiger partial charge in [-0.15, -0.1) is 0 Å². The molecule has 36 heavy (non-hydrogen) atoms. The van der Waals surface area contributed by atoms with Crippen LogP contribution in [-0.2, 0) is 14.2 Å². The number of hydrogen-bond acceptors (Lipinski definition) is 4. The van der Waals surface area contributed by atoms with Crippen molar-refractivity contribution in [3.8, 4) is 0 Å². The van der Waals surface area contributed by atoms with Crippen LogP contribution in [0.4, 0.5) is 18.0 Å². The number of alkyl halides is 3. The average Bonchev–Trinajstić information content (AvgIpc) is 3.65. The van der Waals surface area contributed by atoms with Crippen molar-refractivity contribution in [3.63, 3.8) is 0 Å². The second-order valence-electron chi connectivity index (χ2n) is 14.0. The Balaban J connectivity index is 0.991. The molecule has 0 spiro atoms. The van der Waals surface area contributed by atoms with Crippen LogP contribution in [0, 0.1) is 82.9 Å². The molecule has 1 heterocycles. The summed E-state index contributed by atoms with van der Waals surface area (Å²) in [6.45, 7) is 0.615. The molecule has 196 valence electrons. The van der Waals surface area contributed by atoms with Crippen LogP contribution in [0.25, 0.3) is 0 Å². The fraction of sp³-hybridized carbons (Fsp3) is 0.897. The highest BCUT2D eigenvalue weighted by Crippen LogP contribution is 2.82. The lowest BCUT2D eigenvalue weighted by Crippen LogP contribution is -2.51. The number of fused-ring (bicyclic) bond motifs is 23. The van der Waals surface area contributed by atoms with Crippen molar-refractivity contribution < 1.29 is 32.2 Å². The minimum absolute atomic E-state index is 0.138. The molecule has 16 atom stereocenters. The molecule has 7 heteroatoms. The van der Waals surface area contributed by atoms with E-state index in [1.807, 2.05) is 0 Å². The van der Waals surface area contributed by atoms with Crippen LogP contribution in [0.3, 0.4) is 0 Å². The zero-order valence-electron chi connectivity index (χ0n) is 20.4. The molecule has 4 nitrogen and oxygen atoms in total. The molecule has 8 fully saturated rings. The van der Waals surface area contributed by atoms with E-state index in [0.717, 1.165) is 25.7 Å². The fourth-order valence-electron chi connectivity index (χ4n) is 13.1. The molecule has 0 radical (unpaired) electrons. The van der Waals surface area contributed by atoms with Crippen molar-refractivity contribution in [2.24, 2.45) is 82.9 Å². The lowest BCUT2D eigenvalue weighted by atomic mass is 9.54. The lowest BCUT2D eigenvalue weighted by molar-refractivity contribution is -0.200. The van der Waals surface area contributed by atoms with Gasteiger partial charge in [0.15, 0.2) is 0 Å². The topological polar surface area (TPSA) is 44.8 Å². The standard InChI is InChI=1S/C29H35F3O4/c30-29(31,32)19-8-13-7-14(19)23-17-9-15(21(13)23)24-16-10-18(25(17)24)26-22(16)12-4-5-28(26,11-12)36-27(33)35-20-3-1-2-6-34-20/h4-5,12-26H,1-3,6-11H2. The number of carbonyl (C=O) groups excluding carboxylic acids is 1. The number of ether oxygens (including phenoxy) is 3. The van der Waals surface area contributed by atoms with Crippen LogP contribution in [0.1, 0.15) is 51.4 Å². The molecular formula is C29H35F3O4. The largest absolute Gasteiger partial charge is 0.511 e. The quantitative estimate of drug-likeness (QED) is 0.255. The molecule has 0 N–H and O–H groups in total. The third kappa shape index (κ3) is 2.51. The summed E-state index contributed by atoms with van der Waals surface area (Å²) in [7, 11) is 0. The van der Waals surface area contributed by atoms with Crippen molar-refractivity contribution in [1.29, 1.82) is 0 Å². The molecular weight excluding hydrogens is 469 g/mol. The van der Waals surface area contributed by atoms with E-state index in [-0.39, 0.29) is 5.92 Å². The molecule has 0 aromatic rings. The summed E-state index contributed by atoms with van der Waals surface area (Å²) in [4.78, 5) is 12.9. The number of halogens is 3. The van der Waals surface area contributed by atoms with Gasteiger partial charge in [-0.05, 0) is 122 Å². The number of rotatable bonds is 2. The highest BCUT2D eigenvalue weighted by Gasteiger charge is 2.79. The zero-order chi connectivity index (χ0) is 24.1. The van der Waals surface area contributed by atoms with E-state index in [1.54, 1.807) is 0 Å². The van der Waals surface area contributed by atoms with Crippen molar-refractivity contribution in [3.05, 3.63) is 12.2 Å². The molecule has 9 rings (SSSR count). The highest BCUT2D eigenvalue weighted by atomic mass is 19.4. The SMILES string of the molecule is O=C(OC1CCCCO1)OC12C=CC(C1)C1C3CC(C4C5CC(C6C7CC(C56)C(C(F)(F)F)C7)C34)C12. The number of allylic oxidation sites excluding steroid dienone is 1. The van der Waals surface area contributed by atoms with E-state index in [4.69, 9.17) is 14.2 Å². The van der Waals surface area contributed by atoms with Gasteiger partial charge < -0.3 is 14.2 Å². The van der Waals surface area contributed by atoms with Gasteiger partial charge in [-0.2, -0.15) is 13.2 Å². The molecule has 0 amide bonds. The van der Waals surface area contributed by atoms with Crippen LogP contribution in [-0.4, -0.2) is 30.8 Å². The Morgan fingerprint density at radius 3 is 2.44 bits per heavy atom. The Hall–Kier alpha value is -1.24. The first kappa shape index (κ1) is 21.7. The maximum absolute atomic E-state index is 13.9. The summed E-state index contributed by atoms with van der Waals surface area (Å²) in [5.74, 6) is 4.82. The first-order valence-electron chi connectivity index (χ1n) is 14.6. The van der Waals surface area contributed by atoms with Gasteiger partial charge in [0.25, 0.3) is 0 Å². The second-order valence-corrected chi connectivity index (χ2v) is 14.0. The lowest BCUT2D eigenvalue weighted by Gasteiger charge is -2.51. The number of carbonyl (C=O) groups is 1. The predicted octanol–water partition coefficient (Wildman–Crippen LogP) is 6.21. The highest BCUT2D eigenvalue weighted by molar-refractivity contribution is 5.62. The monoisotopic (exact) mass is 504 g/mol. The van der Waals surface area contributed by atoms with Crippen LogP contribution >= 0.6 is 0 Å². The molecule has 0 aromatic carbocycles. The van der Waals surface area contributed by atoms with Gasteiger partial charge in [0.2, 0.25) is 6.29 Å². The summed E-state index contributed by atoms with van der Waals surface area (Å²) in [5, 5.41) is 0. The van der Waals surface area contributed by atoms with Crippen LogP contribution in [0.15, 0.2) is 12.2 Å². The molecule has 7 saturated carbocycles. The van der Waals surface area contributed by atoms with E-state index in [9.17, 15) is 18.0 Å². The minimum Gasteiger partial charge on any atom is -0.423 e. The molecule has 9 aliphatic rings. The van der Waals surface area contributed by atoms with Gasteiger partial charge in [-0.1, -0.05) is 6.08 Å². The smallest absolute Gasteiger partial charge is 0.423 e. The first-order chi connectivity index (χ1) is 17.3. The van der Waals surface area contributed by atoms with Crippen LogP contribution in [0.2, 0.25) is 0 Å². The second kappa shape index (κ2) is 6.84. The summed E-state index contributed by atoms with van der Waals surface area (Å²) in [6, 6.07) is 0. The van der Waals surface area contributed by atoms with Gasteiger partial charge in [-0.3, -0.25) is 0 Å². The van der Waals surface area contributed by atoms with Gasteiger partial charge in [0, 0.05) is 12.3 Å². The Morgan fingerprint density at radius 1 is 0.889 bits per heavy atom. The molecule has 8 aliphatic carbocycles. The van der Waals surface area contributed by atoms with E-state index in [0.29, 0.717) is 90.5 Å². The van der Waals surface area contributed by atoms with Crippen LogP contribution < -0.4 is 0 Å². The average molecular weight is 505 g/mol. The van der Waals surface area contributed by atoms with E-state index in [2.05, 4.69) is 12.2 Å². The maximum atomic E-state index is 13.9. The molecule has 1 saturated heterocycles. The van der Waals surface area contributed by atoms with Crippen molar-refractivity contribution in [2.45, 2.75) is 69.4 Å². The van der Waals surface area contributed by atoms with E-state index >= 15 is 0 Å². The normalized spacial score (nSPS) is 60.5. The summed E-state index contributed by atoms with van der Waals surface area (Å²) in [6.07, 6.45) is 6.42. The summed E-state index contributed by atoms with van der Waals surface area (Å²) < 4.78 is 59.0. The fourth-order valence-corrected chi connectivity index (χ4v) is 13.1. The van der Waals surface area contributed by atoms with Crippen LogP contribution in [0.5, 0.6) is 0 Å². The Morgan fingerprint density at radius 2 is 1.64 bits per heavy atom. The van der Waals surface area contributed by atoms with Crippen molar-refractivity contribution in [1.82, 2.24) is 0 Å². The molecule has 8 bridgehead atoms. The van der Waals surface area contributed by atoms with Gasteiger partial charge >= 0.3 is 12.3 Å². The van der Waals surface area contributed by atoms with Crippen molar-refractivity contribution >= 4 is 6.16 Å². The number of hydrogen-bond donors (Lipinski definition) is 0. The first-order valence-corrected chi connectivity index (χ1v) is 14.6. The molecule has 16 unspecified atom stereocenters. The predicted molar refractivity (Wildman–Crippen MR) is 121 cm³/mol. The minimum atomic E-state index is -4.04. The Bertz CT molecular complexity index is 1020. The summed E-state index contributed by atoms with van der Waals surface area (Å²) >= 11 is 0. The van der Waals surface area contributed by atoms with E-state index < -0.39 is 30.1 Å².